The number of pyridine rings is 1. The van der Waals surface area contributed by atoms with E-state index in [1.165, 1.54) is 11.6 Å². The topological polar surface area (TPSA) is 51.4 Å². The molecule has 1 aromatic heterocycles. The van der Waals surface area contributed by atoms with Crippen molar-refractivity contribution < 1.29 is 31.4 Å². The van der Waals surface area contributed by atoms with Gasteiger partial charge in [0.2, 0.25) is 6.20 Å². The van der Waals surface area contributed by atoms with Crippen molar-refractivity contribution in [2.75, 3.05) is 18.6 Å². The van der Waals surface area contributed by atoms with Crippen LogP contribution >= 0.6 is 0 Å². The summed E-state index contributed by atoms with van der Waals surface area (Å²) in [4.78, 5) is 11.0. The normalized spacial score (nSPS) is 9.12. The van der Waals surface area contributed by atoms with Crippen LogP contribution in [0, 0.1) is 0 Å². The van der Waals surface area contributed by atoms with Crippen molar-refractivity contribution in [1.29, 1.82) is 0 Å². The Labute approximate surface area is 107 Å². The zero-order valence-corrected chi connectivity index (χ0v) is 11.0. The highest BCUT2D eigenvalue weighted by Gasteiger charge is 2.15. The third-order valence-corrected chi connectivity index (χ3v) is 1.77. The molecule has 0 radical (unpaired) electrons. The Balaban J connectivity index is 0.00000256. The lowest BCUT2D eigenvalue weighted by Crippen LogP contribution is -3.00. The largest absolute Gasteiger partial charge is 1.00 e. The molecule has 0 unspecified atom stereocenters. The third-order valence-electron chi connectivity index (χ3n) is 1.77. The maximum absolute atomic E-state index is 11.0. The van der Waals surface area contributed by atoms with E-state index in [9.17, 15) is 4.79 Å². The van der Waals surface area contributed by atoms with Crippen LogP contribution in [0.1, 0.15) is 20.8 Å². The molecule has 1 heterocycles. The summed E-state index contributed by atoms with van der Waals surface area (Å²) < 4.78 is 12.3. The Morgan fingerprint density at radius 3 is 2.53 bits per heavy atom. The number of amides is 1. The predicted molar refractivity (Wildman–Crippen MR) is 59.0 cm³/mol. The number of rotatable bonds is 5. The lowest BCUT2D eigenvalue weighted by atomic mass is 10.4. The van der Waals surface area contributed by atoms with E-state index in [0.29, 0.717) is 24.8 Å². The maximum atomic E-state index is 11.0. The van der Waals surface area contributed by atoms with E-state index in [2.05, 4.69) is 5.43 Å². The van der Waals surface area contributed by atoms with Gasteiger partial charge in [-0.25, -0.2) is 0 Å². The fraction of sp³-hybridized carbons (Fsp3) is 0.455. The molecule has 96 valence electrons. The van der Waals surface area contributed by atoms with E-state index in [1.54, 1.807) is 18.3 Å². The van der Waals surface area contributed by atoms with Gasteiger partial charge in [0.25, 0.3) is 5.91 Å². The lowest BCUT2D eigenvalue weighted by Gasteiger charge is -2.05. The number of nitrogens with one attached hydrogen (secondary N) is 1. The van der Waals surface area contributed by atoms with Crippen molar-refractivity contribution in [2.45, 2.75) is 20.8 Å². The zero-order chi connectivity index (χ0) is 12.0. The molecule has 0 saturated carbocycles. The summed E-state index contributed by atoms with van der Waals surface area (Å²) in [5.74, 6) is 1.10. The van der Waals surface area contributed by atoms with Gasteiger partial charge in [0.15, 0.2) is 0 Å². The van der Waals surface area contributed by atoms with Crippen molar-refractivity contribution in [3.63, 3.8) is 0 Å². The predicted octanol–water partition coefficient (Wildman–Crippen LogP) is -2.13. The minimum atomic E-state index is -0.157. The first-order valence-electron chi connectivity index (χ1n) is 5.26. The van der Waals surface area contributed by atoms with Gasteiger partial charge >= 0.3 is 5.88 Å². The SMILES string of the molecule is CCOc1cc[n+](NC(C)=O)c(OCC)c1.[Cl-]. The highest BCUT2D eigenvalue weighted by atomic mass is 35.5. The monoisotopic (exact) mass is 260 g/mol. The van der Waals surface area contributed by atoms with Crippen LogP contribution < -0.4 is 32.0 Å². The van der Waals surface area contributed by atoms with Crippen LogP contribution in [0.15, 0.2) is 18.3 Å². The number of hydrogen-bond donors (Lipinski definition) is 1. The minimum absolute atomic E-state index is 0. The molecule has 0 atom stereocenters. The van der Waals surface area contributed by atoms with Gasteiger partial charge < -0.3 is 21.9 Å². The van der Waals surface area contributed by atoms with E-state index >= 15 is 0 Å². The smallest absolute Gasteiger partial charge is 0.400 e. The number of ether oxygens (including phenoxy) is 2. The Morgan fingerprint density at radius 2 is 2.00 bits per heavy atom. The van der Waals surface area contributed by atoms with Gasteiger partial charge in [0.05, 0.1) is 19.3 Å². The molecule has 0 bridgehead atoms. The fourth-order valence-corrected chi connectivity index (χ4v) is 1.24. The maximum Gasteiger partial charge on any atom is 0.400 e. The van der Waals surface area contributed by atoms with Gasteiger partial charge in [-0.1, -0.05) is 0 Å². The second-order valence-corrected chi connectivity index (χ2v) is 3.10. The Morgan fingerprint density at radius 1 is 1.35 bits per heavy atom. The van der Waals surface area contributed by atoms with E-state index in [4.69, 9.17) is 9.47 Å². The first-order valence-corrected chi connectivity index (χ1v) is 5.26. The van der Waals surface area contributed by atoms with Gasteiger partial charge in [0, 0.05) is 13.0 Å². The molecular formula is C11H17ClN2O3. The van der Waals surface area contributed by atoms with Crippen molar-refractivity contribution in [3.05, 3.63) is 18.3 Å². The highest BCUT2D eigenvalue weighted by Crippen LogP contribution is 2.14. The van der Waals surface area contributed by atoms with Crippen LogP contribution in [0.2, 0.25) is 0 Å². The molecule has 0 aromatic carbocycles. The molecule has 0 saturated heterocycles. The molecule has 1 N–H and O–H groups in total. The number of halogens is 1. The number of carbonyl (C=O) groups excluding carboxylic acids is 1. The van der Waals surface area contributed by atoms with Gasteiger partial charge in [-0.05, 0) is 18.5 Å². The number of aromatic nitrogens is 1. The van der Waals surface area contributed by atoms with Gasteiger partial charge in [0.1, 0.15) is 5.75 Å². The summed E-state index contributed by atoms with van der Waals surface area (Å²) in [6.07, 6.45) is 1.69. The third kappa shape index (κ3) is 4.91. The quantitative estimate of drug-likeness (QED) is 0.615. The van der Waals surface area contributed by atoms with Crippen LogP contribution in [0.5, 0.6) is 11.6 Å². The summed E-state index contributed by atoms with van der Waals surface area (Å²) in [6.45, 7) is 6.35. The van der Waals surface area contributed by atoms with Crippen molar-refractivity contribution >= 4 is 5.91 Å². The van der Waals surface area contributed by atoms with E-state index < -0.39 is 0 Å². The molecule has 1 rings (SSSR count). The standard InChI is InChI=1S/C11H16N2O3.ClH/c1-4-15-10-6-7-13(12-9(3)14)11(8-10)16-5-2;/h6-8H,4-5H2,1-3H3;1H. The molecule has 0 aliphatic carbocycles. The molecular weight excluding hydrogens is 244 g/mol. The van der Waals surface area contributed by atoms with E-state index in [-0.39, 0.29) is 18.3 Å². The van der Waals surface area contributed by atoms with Crippen LogP contribution in [0.4, 0.5) is 0 Å². The Hall–Kier alpha value is -1.49. The zero-order valence-electron chi connectivity index (χ0n) is 10.2. The van der Waals surface area contributed by atoms with Crippen molar-refractivity contribution in [3.8, 4) is 11.6 Å². The van der Waals surface area contributed by atoms with Crippen LogP contribution in [-0.2, 0) is 4.79 Å². The molecule has 1 aromatic rings. The summed E-state index contributed by atoms with van der Waals surface area (Å²) in [7, 11) is 0. The average molecular weight is 261 g/mol. The molecule has 0 fully saturated rings. The average Bonchev–Trinajstić information content (AvgIpc) is 2.22. The minimum Gasteiger partial charge on any atom is -1.00 e. The molecule has 5 nitrogen and oxygen atoms in total. The van der Waals surface area contributed by atoms with Crippen LogP contribution in [0.3, 0.4) is 0 Å². The van der Waals surface area contributed by atoms with Gasteiger partial charge in [-0.2, -0.15) is 0 Å². The first kappa shape index (κ1) is 15.5. The lowest BCUT2D eigenvalue weighted by molar-refractivity contribution is -0.648. The molecule has 6 heteroatoms. The Kier molecular flexibility index (Phi) is 7.05. The number of nitrogens with zero attached hydrogens (tertiary/aromatic N) is 1. The number of hydrogen-bond acceptors (Lipinski definition) is 3. The fourth-order valence-electron chi connectivity index (χ4n) is 1.24. The van der Waals surface area contributed by atoms with E-state index in [1.807, 2.05) is 13.8 Å². The molecule has 0 spiro atoms. The summed E-state index contributed by atoms with van der Waals surface area (Å²) in [5, 5.41) is 0. The molecule has 0 aliphatic heterocycles. The van der Waals surface area contributed by atoms with Crippen molar-refractivity contribution in [1.82, 2.24) is 0 Å². The first-order chi connectivity index (χ1) is 7.67. The second kappa shape index (κ2) is 7.73. The molecule has 1 amide bonds. The van der Waals surface area contributed by atoms with Gasteiger partial charge in [-0.15, -0.1) is 5.43 Å². The van der Waals surface area contributed by atoms with E-state index in [0.717, 1.165) is 0 Å². The molecule has 0 aliphatic rings. The molecule has 17 heavy (non-hydrogen) atoms. The second-order valence-electron chi connectivity index (χ2n) is 3.10. The number of carbonyl (C=O) groups is 1. The Bertz CT molecular complexity index is 372. The highest BCUT2D eigenvalue weighted by molar-refractivity contribution is 5.79. The van der Waals surface area contributed by atoms with Crippen LogP contribution in [-0.4, -0.2) is 19.1 Å². The summed E-state index contributed by atoms with van der Waals surface area (Å²) in [5.41, 5.74) is 2.62. The van der Waals surface area contributed by atoms with Crippen LogP contribution in [0.25, 0.3) is 0 Å². The van der Waals surface area contributed by atoms with Crippen molar-refractivity contribution in [2.24, 2.45) is 0 Å². The van der Waals surface area contributed by atoms with Gasteiger partial charge in [-0.3, -0.25) is 4.79 Å². The summed E-state index contributed by atoms with van der Waals surface area (Å²) in [6, 6.07) is 3.50. The summed E-state index contributed by atoms with van der Waals surface area (Å²) >= 11 is 0.